The van der Waals surface area contributed by atoms with E-state index in [0.717, 1.165) is 11.1 Å². The first-order valence-electron chi connectivity index (χ1n) is 11.2. The number of benzene rings is 2. The number of aliphatic carboxylic acids is 1. The summed E-state index contributed by atoms with van der Waals surface area (Å²) in [6.45, 7) is 2.69. The molecular weight excluding hydrogens is 452 g/mol. The Kier molecular flexibility index (Phi) is 10.4. The monoisotopic (exact) mass is 484 g/mol. The van der Waals surface area contributed by atoms with Crippen LogP contribution >= 0.6 is 0 Å². The third-order valence-corrected chi connectivity index (χ3v) is 5.35. The van der Waals surface area contributed by atoms with E-state index < -0.39 is 54.0 Å². The van der Waals surface area contributed by atoms with E-state index in [2.05, 4.69) is 16.0 Å². The van der Waals surface area contributed by atoms with Gasteiger partial charge in [0.1, 0.15) is 18.1 Å². The van der Waals surface area contributed by atoms with E-state index in [0.29, 0.717) is 0 Å². The molecule has 3 amide bonds. The summed E-state index contributed by atoms with van der Waals surface area (Å²) in [5.74, 6) is -3.39. The van der Waals surface area contributed by atoms with Crippen molar-refractivity contribution in [3.05, 3.63) is 71.8 Å². The van der Waals surface area contributed by atoms with Gasteiger partial charge in [0, 0.05) is 6.42 Å². The maximum atomic E-state index is 12.7. The van der Waals surface area contributed by atoms with Crippen LogP contribution in [-0.2, 0) is 32.0 Å². The fraction of sp³-hybridized carbons (Fsp3) is 0.360. The van der Waals surface area contributed by atoms with Gasteiger partial charge in [-0.15, -0.1) is 0 Å². The lowest BCUT2D eigenvalue weighted by Crippen LogP contribution is -2.59. The molecule has 2 aromatic rings. The highest BCUT2D eigenvalue weighted by atomic mass is 16.4. The number of nitrogens with one attached hydrogen (secondary N) is 3. The Morgan fingerprint density at radius 2 is 1.29 bits per heavy atom. The van der Waals surface area contributed by atoms with Crippen LogP contribution in [-0.4, -0.2) is 64.2 Å². The number of carbonyl (C=O) groups excluding carboxylic acids is 3. The van der Waals surface area contributed by atoms with Crippen molar-refractivity contribution in [1.82, 2.24) is 16.0 Å². The average molecular weight is 485 g/mol. The van der Waals surface area contributed by atoms with Crippen molar-refractivity contribution in [2.75, 3.05) is 0 Å². The van der Waals surface area contributed by atoms with E-state index in [1.807, 2.05) is 30.3 Å². The molecule has 35 heavy (non-hydrogen) atoms. The summed E-state index contributed by atoms with van der Waals surface area (Å²) in [4.78, 5) is 49.4. The van der Waals surface area contributed by atoms with Crippen LogP contribution in [0.15, 0.2) is 60.7 Å². The van der Waals surface area contributed by atoms with Crippen LogP contribution in [0.3, 0.4) is 0 Å². The van der Waals surface area contributed by atoms with Gasteiger partial charge in [0.25, 0.3) is 0 Å². The largest absolute Gasteiger partial charge is 0.480 e. The molecule has 0 saturated heterocycles. The zero-order valence-corrected chi connectivity index (χ0v) is 19.7. The van der Waals surface area contributed by atoms with Crippen LogP contribution < -0.4 is 21.7 Å². The summed E-state index contributed by atoms with van der Waals surface area (Å²) in [6, 6.07) is 13.2. The Hall–Kier alpha value is -3.76. The van der Waals surface area contributed by atoms with E-state index in [9.17, 15) is 29.4 Å². The molecule has 0 spiro atoms. The van der Waals surface area contributed by atoms with E-state index in [4.69, 9.17) is 5.73 Å². The lowest BCUT2D eigenvalue weighted by Gasteiger charge is -2.25. The molecule has 0 bridgehead atoms. The van der Waals surface area contributed by atoms with Crippen molar-refractivity contribution in [1.29, 1.82) is 0 Å². The molecule has 2 rings (SSSR count). The predicted molar refractivity (Wildman–Crippen MR) is 129 cm³/mol. The van der Waals surface area contributed by atoms with Crippen molar-refractivity contribution in [3.63, 3.8) is 0 Å². The molecule has 0 aromatic heterocycles. The second-order valence-electron chi connectivity index (χ2n) is 8.34. The molecule has 0 aliphatic rings. The number of carboxylic acids is 1. The van der Waals surface area contributed by atoms with Gasteiger partial charge in [0.05, 0.1) is 12.1 Å². The van der Waals surface area contributed by atoms with E-state index in [-0.39, 0.29) is 12.8 Å². The predicted octanol–water partition coefficient (Wildman–Crippen LogP) is -0.261. The van der Waals surface area contributed by atoms with Gasteiger partial charge in [0.2, 0.25) is 17.7 Å². The summed E-state index contributed by atoms with van der Waals surface area (Å²) in [6.07, 6.45) is -0.978. The summed E-state index contributed by atoms with van der Waals surface area (Å²) in [7, 11) is 0. The normalized spacial score (nSPS) is 15.1. The van der Waals surface area contributed by atoms with Crippen molar-refractivity contribution < 1.29 is 29.4 Å². The average Bonchev–Trinajstić information content (AvgIpc) is 2.82. The molecule has 0 saturated carbocycles. The van der Waals surface area contributed by atoms with Crippen molar-refractivity contribution >= 4 is 23.7 Å². The van der Waals surface area contributed by atoms with Gasteiger partial charge in [-0.05, 0) is 31.4 Å². The maximum Gasteiger partial charge on any atom is 0.326 e. The lowest BCUT2D eigenvalue weighted by molar-refractivity contribution is -0.142. The van der Waals surface area contributed by atoms with E-state index in [1.54, 1.807) is 30.3 Å². The minimum atomic E-state index is -1.36. The molecule has 0 fully saturated rings. The van der Waals surface area contributed by atoms with Gasteiger partial charge in [-0.2, -0.15) is 0 Å². The van der Waals surface area contributed by atoms with Crippen LogP contribution in [0, 0.1) is 0 Å². The number of amides is 3. The second-order valence-corrected chi connectivity index (χ2v) is 8.34. The number of rotatable bonds is 12. The van der Waals surface area contributed by atoms with Crippen molar-refractivity contribution in [3.8, 4) is 0 Å². The molecule has 5 atom stereocenters. The quantitative estimate of drug-likeness (QED) is 0.241. The van der Waals surface area contributed by atoms with Gasteiger partial charge in [-0.25, -0.2) is 4.79 Å². The first-order valence-corrected chi connectivity index (χ1v) is 11.2. The first kappa shape index (κ1) is 27.5. The number of aliphatic hydroxyl groups excluding tert-OH is 1. The van der Waals surface area contributed by atoms with Crippen LogP contribution in [0.4, 0.5) is 0 Å². The third kappa shape index (κ3) is 8.84. The van der Waals surface area contributed by atoms with Gasteiger partial charge in [0.15, 0.2) is 0 Å². The minimum Gasteiger partial charge on any atom is -0.480 e. The Morgan fingerprint density at radius 3 is 1.77 bits per heavy atom. The number of aliphatic hydroxyl groups is 1. The van der Waals surface area contributed by atoms with Crippen LogP contribution in [0.1, 0.15) is 25.0 Å². The Bertz CT molecular complexity index is 1000. The molecule has 2 aromatic carbocycles. The summed E-state index contributed by atoms with van der Waals surface area (Å²) in [5, 5.41) is 26.7. The zero-order chi connectivity index (χ0) is 26.0. The summed E-state index contributed by atoms with van der Waals surface area (Å²) in [5.41, 5.74) is 7.51. The molecule has 188 valence electrons. The molecule has 10 nitrogen and oxygen atoms in total. The zero-order valence-electron chi connectivity index (χ0n) is 19.7. The Labute approximate surface area is 203 Å². The minimum absolute atomic E-state index is 0.0637. The Morgan fingerprint density at radius 1 is 0.771 bits per heavy atom. The standard InChI is InChI=1S/C25H32N4O6/c1-15(22(31)28-20(25(34)35)14-18-11-7-4-8-12-18)27-24(33)21(16(2)30)29-23(32)19(26)13-17-9-5-3-6-10-17/h3-12,15-16,19-21,30H,13-14,26H2,1-2H3,(H,27,33)(H,28,31)(H,29,32)(H,34,35). The molecule has 7 N–H and O–H groups in total. The second kappa shape index (κ2) is 13.2. The smallest absolute Gasteiger partial charge is 0.326 e. The van der Waals surface area contributed by atoms with Gasteiger partial charge < -0.3 is 31.9 Å². The molecule has 0 aliphatic carbocycles. The number of nitrogens with two attached hydrogens (primary N) is 1. The number of hydrogen-bond acceptors (Lipinski definition) is 6. The Balaban J connectivity index is 1.95. The van der Waals surface area contributed by atoms with Crippen LogP contribution in [0.5, 0.6) is 0 Å². The van der Waals surface area contributed by atoms with Crippen LogP contribution in [0.2, 0.25) is 0 Å². The van der Waals surface area contributed by atoms with E-state index in [1.165, 1.54) is 13.8 Å². The first-order chi connectivity index (χ1) is 16.6. The fourth-order valence-electron chi connectivity index (χ4n) is 3.34. The summed E-state index contributed by atoms with van der Waals surface area (Å²) >= 11 is 0. The number of hydrogen-bond donors (Lipinski definition) is 6. The molecule has 0 aliphatic heterocycles. The van der Waals surface area contributed by atoms with E-state index >= 15 is 0 Å². The highest BCUT2D eigenvalue weighted by Crippen LogP contribution is 2.05. The molecule has 5 unspecified atom stereocenters. The number of carbonyl (C=O) groups is 4. The molecule has 0 heterocycles. The lowest BCUT2D eigenvalue weighted by atomic mass is 10.0. The fourth-order valence-corrected chi connectivity index (χ4v) is 3.34. The maximum absolute atomic E-state index is 12.7. The van der Waals surface area contributed by atoms with Crippen LogP contribution in [0.25, 0.3) is 0 Å². The van der Waals surface area contributed by atoms with Gasteiger partial charge in [-0.3, -0.25) is 14.4 Å². The molecule has 0 radical (unpaired) electrons. The topological polar surface area (TPSA) is 171 Å². The number of carboxylic acid groups (broad SMARTS) is 1. The third-order valence-electron chi connectivity index (χ3n) is 5.35. The van der Waals surface area contributed by atoms with Crippen molar-refractivity contribution in [2.45, 2.75) is 57.0 Å². The molecular formula is C25H32N4O6. The highest BCUT2D eigenvalue weighted by Gasteiger charge is 2.31. The van der Waals surface area contributed by atoms with Crippen molar-refractivity contribution in [2.24, 2.45) is 5.73 Å². The summed E-state index contributed by atoms with van der Waals surface area (Å²) < 4.78 is 0. The van der Waals surface area contributed by atoms with Gasteiger partial charge >= 0.3 is 5.97 Å². The molecule has 10 heteroatoms. The highest BCUT2D eigenvalue weighted by molar-refractivity contribution is 5.94. The van der Waals surface area contributed by atoms with Gasteiger partial charge in [-0.1, -0.05) is 60.7 Å². The SMILES string of the molecule is CC(NC(=O)C(NC(=O)C(N)Cc1ccccc1)C(C)O)C(=O)NC(Cc1ccccc1)C(=O)O.